The highest BCUT2D eigenvalue weighted by atomic mass is 32.2. The van der Waals surface area contributed by atoms with Gasteiger partial charge in [-0.05, 0) is 35.5 Å². The monoisotopic (exact) mass is 405 g/mol. The second kappa shape index (κ2) is 7.97. The van der Waals surface area contributed by atoms with Gasteiger partial charge in [-0.3, -0.25) is 19.3 Å². The van der Waals surface area contributed by atoms with Crippen LogP contribution in [-0.2, 0) is 11.8 Å². The number of imide groups is 1. The summed E-state index contributed by atoms with van der Waals surface area (Å²) in [6, 6.07) is 19.0. The second-order valence-corrected chi connectivity index (χ2v) is 7.64. The standard InChI is InChI=1S/C22H19N3O3S/c1-24-17-10-6-5-9-16(17)14-18(24)20(26)23-11-12-25-21(27)19(29-22(25)28)13-15-7-3-2-4-8-15/h2-10,13-14H,11-12H2,1H3,(H,23,26)/b19-13+. The van der Waals surface area contributed by atoms with Crippen LogP contribution < -0.4 is 5.32 Å². The zero-order chi connectivity index (χ0) is 20.4. The number of thioether (sulfide) groups is 1. The number of nitrogens with one attached hydrogen (secondary N) is 1. The predicted molar refractivity (Wildman–Crippen MR) is 114 cm³/mol. The molecule has 29 heavy (non-hydrogen) atoms. The number of amides is 3. The SMILES string of the molecule is Cn1c(C(=O)NCCN2C(=O)S/C(=C/c3ccccc3)C2=O)cc2ccccc21. The van der Waals surface area contributed by atoms with Gasteiger partial charge in [0, 0.05) is 31.0 Å². The van der Waals surface area contributed by atoms with Gasteiger partial charge >= 0.3 is 0 Å². The van der Waals surface area contributed by atoms with Gasteiger partial charge in [0.25, 0.3) is 17.1 Å². The van der Waals surface area contributed by atoms with Gasteiger partial charge < -0.3 is 9.88 Å². The molecule has 3 amide bonds. The summed E-state index contributed by atoms with van der Waals surface area (Å²) in [5, 5.41) is 3.46. The Hall–Kier alpha value is -3.32. The van der Waals surface area contributed by atoms with Crippen LogP contribution in [-0.4, -0.2) is 39.6 Å². The third-order valence-electron chi connectivity index (χ3n) is 4.78. The maximum absolute atomic E-state index is 12.5. The number of nitrogens with zero attached hydrogens (tertiary/aromatic N) is 2. The molecule has 0 atom stereocenters. The first-order valence-corrected chi connectivity index (χ1v) is 9.99. The number of carbonyl (C=O) groups is 3. The van der Waals surface area contributed by atoms with Crippen molar-refractivity contribution in [1.29, 1.82) is 0 Å². The largest absolute Gasteiger partial charge is 0.349 e. The van der Waals surface area contributed by atoms with Gasteiger partial charge in [0.2, 0.25) is 0 Å². The van der Waals surface area contributed by atoms with Gasteiger partial charge in [-0.2, -0.15) is 0 Å². The quantitative estimate of drug-likeness (QED) is 0.658. The minimum atomic E-state index is -0.331. The van der Waals surface area contributed by atoms with E-state index in [9.17, 15) is 14.4 Å². The first kappa shape index (κ1) is 19.0. The van der Waals surface area contributed by atoms with E-state index >= 15 is 0 Å². The molecular formula is C22H19N3O3S. The lowest BCUT2D eigenvalue weighted by Crippen LogP contribution is -2.37. The van der Waals surface area contributed by atoms with Crippen molar-refractivity contribution in [2.75, 3.05) is 13.1 Å². The Labute approximate surface area is 172 Å². The van der Waals surface area contributed by atoms with Crippen LogP contribution in [0.3, 0.4) is 0 Å². The first-order chi connectivity index (χ1) is 14.0. The van der Waals surface area contributed by atoms with Crippen molar-refractivity contribution in [1.82, 2.24) is 14.8 Å². The number of rotatable bonds is 5. The number of hydrogen-bond donors (Lipinski definition) is 1. The normalized spacial score (nSPS) is 15.5. The summed E-state index contributed by atoms with van der Waals surface area (Å²) in [7, 11) is 1.84. The minimum absolute atomic E-state index is 0.131. The summed E-state index contributed by atoms with van der Waals surface area (Å²) in [4.78, 5) is 38.8. The molecule has 1 aliphatic heterocycles. The summed E-state index contributed by atoms with van der Waals surface area (Å²) < 4.78 is 1.83. The molecule has 4 rings (SSSR count). The van der Waals surface area contributed by atoms with Gasteiger partial charge in [0.15, 0.2) is 0 Å². The average Bonchev–Trinajstić information content (AvgIpc) is 3.20. The average molecular weight is 405 g/mol. The molecule has 1 fully saturated rings. The Morgan fingerprint density at radius 3 is 2.55 bits per heavy atom. The summed E-state index contributed by atoms with van der Waals surface area (Å²) in [6.45, 7) is 0.323. The Bertz CT molecular complexity index is 1130. The van der Waals surface area contributed by atoms with Gasteiger partial charge in [0.05, 0.1) is 4.91 Å². The van der Waals surface area contributed by atoms with Gasteiger partial charge in [0.1, 0.15) is 5.69 Å². The minimum Gasteiger partial charge on any atom is -0.349 e. The van der Waals surface area contributed by atoms with Crippen molar-refractivity contribution in [3.63, 3.8) is 0 Å². The Morgan fingerprint density at radius 2 is 1.79 bits per heavy atom. The Morgan fingerprint density at radius 1 is 1.07 bits per heavy atom. The van der Waals surface area contributed by atoms with E-state index in [1.54, 1.807) is 6.08 Å². The predicted octanol–water partition coefficient (Wildman–Crippen LogP) is 3.64. The fraction of sp³-hybridized carbons (Fsp3) is 0.136. The lowest BCUT2D eigenvalue weighted by atomic mass is 10.2. The summed E-state index contributed by atoms with van der Waals surface area (Å²) >= 11 is 0.919. The van der Waals surface area contributed by atoms with Crippen molar-refractivity contribution >= 4 is 45.8 Å². The van der Waals surface area contributed by atoms with E-state index in [1.165, 1.54) is 4.90 Å². The summed E-state index contributed by atoms with van der Waals surface area (Å²) in [5.74, 6) is -0.571. The molecular weight excluding hydrogens is 386 g/mol. The maximum atomic E-state index is 12.5. The van der Waals surface area contributed by atoms with E-state index in [2.05, 4.69) is 5.32 Å². The fourth-order valence-electron chi connectivity index (χ4n) is 3.27. The van der Waals surface area contributed by atoms with E-state index in [4.69, 9.17) is 0 Å². The van der Waals surface area contributed by atoms with Crippen LogP contribution in [0.4, 0.5) is 4.79 Å². The molecule has 6 nitrogen and oxygen atoms in total. The van der Waals surface area contributed by atoms with Crippen LogP contribution in [0.5, 0.6) is 0 Å². The van der Waals surface area contributed by atoms with E-state index < -0.39 is 0 Å². The fourth-order valence-corrected chi connectivity index (χ4v) is 4.14. The van der Waals surface area contributed by atoms with Crippen LogP contribution in [0.2, 0.25) is 0 Å². The second-order valence-electron chi connectivity index (χ2n) is 6.65. The van der Waals surface area contributed by atoms with Crippen molar-refractivity contribution in [3.05, 3.63) is 76.8 Å². The zero-order valence-electron chi connectivity index (χ0n) is 15.8. The van der Waals surface area contributed by atoms with E-state index in [-0.39, 0.29) is 30.1 Å². The smallest absolute Gasteiger partial charge is 0.293 e. The van der Waals surface area contributed by atoms with Gasteiger partial charge in [-0.1, -0.05) is 48.5 Å². The summed E-state index contributed by atoms with van der Waals surface area (Å²) in [5.41, 5.74) is 2.36. The zero-order valence-corrected chi connectivity index (χ0v) is 16.6. The Kier molecular flexibility index (Phi) is 5.22. The molecule has 0 unspecified atom stereocenters. The molecule has 1 aliphatic rings. The van der Waals surface area contributed by atoms with Crippen LogP contribution in [0.1, 0.15) is 16.1 Å². The molecule has 0 aliphatic carbocycles. The Balaban J connectivity index is 1.39. The molecule has 0 saturated carbocycles. The number of para-hydroxylation sites is 1. The van der Waals surface area contributed by atoms with Crippen LogP contribution in [0.15, 0.2) is 65.6 Å². The number of fused-ring (bicyclic) bond motifs is 1. The molecule has 0 radical (unpaired) electrons. The van der Waals surface area contributed by atoms with Crippen LogP contribution in [0.25, 0.3) is 17.0 Å². The molecule has 1 N–H and O–H groups in total. The number of aromatic nitrogens is 1. The van der Waals surface area contributed by atoms with Gasteiger partial charge in [-0.25, -0.2) is 0 Å². The van der Waals surface area contributed by atoms with Crippen molar-refractivity contribution in [3.8, 4) is 0 Å². The number of aryl methyl sites for hydroxylation is 1. The molecule has 1 aromatic heterocycles. The highest BCUT2D eigenvalue weighted by molar-refractivity contribution is 8.18. The van der Waals surface area contributed by atoms with Crippen molar-refractivity contribution in [2.24, 2.45) is 7.05 Å². The van der Waals surface area contributed by atoms with Crippen LogP contribution in [0, 0.1) is 0 Å². The van der Waals surface area contributed by atoms with Gasteiger partial charge in [-0.15, -0.1) is 0 Å². The molecule has 0 bridgehead atoms. The van der Waals surface area contributed by atoms with Crippen LogP contribution >= 0.6 is 11.8 Å². The third kappa shape index (κ3) is 3.82. The van der Waals surface area contributed by atoms with E-state index in [0.29, 0.717) is 10.6 Å². The molecule has 1 saturated heterocycles. The van der Waals surface area contributed by atoms with Crippen molar-refractivity contribution < 1.29 is 14.4 Å². The third-order valence-corrected chi connectivity index (χ3v) is 5.68. The molecule has 7 heteroatoms. The lowest BCUT2D eigenvalue weighted by Gasteiger charge is -2.13. The summed E-state index contributed by atoms with van der Waals surface area (Å²) in [6.07, 6.45) is 1.71. The highest BCUT2D eigenvalue weighted by Gasteiger charge is 2.34. The topological polar surface area (TPSA) is 71.4 Å². The molecule has 2 aromatic carbocycles. The maximum Gasteiger partial charge on any atom is 0.293 e. The molecule has 0 spiro atoms. The highest BCUT2D eigenvalue weighted by Crippen LogP contribution is 2.31. The molecule has 146 valence electrons. The van der Waals surface area contributed by atoms with E-state index in [0.717, 1.165) is 28.2 Å². The lowest BCUT2D eigenvalue weighted by molar-refractivity contribution is -0.122. The molecule has 2 heterocycles. The first-order valence-electron chi connectivity index (χ1n) is 9.17. The number of hydrogen-bond acceptors (Lipinski definition) is 4. The number of carbonyl (C=O) groups excluding carboxylic acids is 3. The molecule has 3 aromatic rings. The van der Waals surface area contributed by atoms with Crippen molar-refractivity contribution in [2.45, 2.75) is 0 Å². The number of benzene rings is 2. The van der Waals surface area contributed by atoms with E-state index in [1.807, 2.05) is 72.3 Å².